The molecule has 0 unspecified atom stereocenters. The van der Waals surface area contributed by atoms with Gasteiger partial charge >= 0.3 is 5.97 Å². The number of aromatic nitrogens is 2. The zero-order valence-electron chi connectivity index (χ0n) is 12.4. The quantitative estimate of drug-likeness (QED) is 0.939. The van der Waals surface area contributed by atoms with Gasteiger partial charge in [0.2, 0.25) is 0 Å². The summed E-state index contributed by atoms with van der Waals surface area (Å²) in [5, 5.41) is 9.29. The van der Waals surface area contributed by atoms with Gasteiger partial charge in [-0.3, -0.25) is 4.90 Å². The molecule has 0 bridgehead atoms. The highest BCUT2D eigenvalue weighted by molar-refractivity contribution is 5.89. The Labute approximate surface area is 129 Å². The zero-order valence-corrected chi connectivity index (χ0v) is 12.4. The van der Waals surface area contributed by atoms with Crippen molar-refractivity contribution in [2.24, 2.45) is 0 Å². The minimum atomic E-state index is -0.861. The molecule has 5 nitrogen and oxygen atoms in total. The molecule has 1 fully saturated rings. The Morgan fingerprint density at radius 1 is 1.32 bits per heavy atom. The molecule has 0 amide bonds. The summed E-state index contributed by atoms with van der Waals surface area (Å²) in [6.45, 7) is 2.57. The second kappa shape index (κ2) is 6.66. The number of piperidine rings is 1. The highest BCUT2D eigenvalue weighted by Gasteiger charge is 2.23. The summed E-state index contributed by atoms with van der Waals surface area (Å²) in [6, 6.07) is 9.21. The normalized spacial score (nSPS) is 19.0. The molecule has 1 aliphatic rings. The largest absolute Gasteiger partial charge is 0.478 e. The number of nitrogens with zero attached hydrogens (tertiary/aromatic N) is 3. The minimum Gasteiger partial charge on any atom is -0.478 e. The molecule has 2 aromatic rings. The Kier molecular flexibility index (Phi) is 4.44. The van der Waals surface area contributed by atoms with E-state index >= 15 is 0 Å². The van der Waals surface area contributed by atoms with E-state index in [1.165, 1.54) is 0 Å². The van der Waals surface area contributed by atoms with Gasteiger partial charge in [-0.15, -0.1) is 0 Å². The predicted octanol–water partition coefficient (Wildman–Crippen LogP) is 2.55. The van der Waals surface area contributed by atoms with Crippen molar-refractivity contribution in [3.8, 4) is 0 Å². The maximum atomic E-state index is 11.3. The highest BCUT2D eigenvalue weighted by atomic mass is 16.4. The van der Waals surface area contributed by atoms with Crippen LogP contribution in [0.5, 0.6) is 0 Å². The molecular weight excluding hydrogens is 278 g/mol. The number of hydrogen-bond donors (Lipinski definition) is 1. The number of benzene rings is 1. The minimum absolute atomic E-state index is 0.395. The van der Waals surface area contributed by atoms with Crippen LogP contribution in [0.3, 0.4) is 0 Å². The van der Waals surface area contributed by atoms with Crippen molar-refractivity contribution in [1.82, 2.24) is 14.9 Å². The lowest BCUT2D eigenvalue weighted by molar-refractivity contribution is 0.0694. The van der Waals surface area contributed by atoms with Crippen molar-refractivity contribution >= 4 is 5.97 Å². The molecule has 0 spiro atoms. The van der Waals surface area contributed by atoms with Crippen LogP contribution in [0.1, 0.15) is 40.4 Å². The first-order valence-corrected chi connectivity index (χ1v) is 7.53. The maximum absolute atomic E-state index is 11.3. The van der Waals surface area contributed by atoms with E-state index in [2.05, 4.69) is 14.9 Å². The Morgan fingerprint density at radius 3 is 2.95 bits per heavy atom. The van der Waals surface area contributed by atoms with Crippen molar-refractivity contribution in [3.05, 3.63) is 59.7 Å². The summed E-state index contributed by atoms with van der Waals surface area (Å²) >= 11 is 0. The second-order valence-corrected chi connectivity index (χ2v) is 5.67. The van der Waals surface area contributed by atoms with Gasteiger partial charge in [0.25, 0.3) is 0 Å². The highest BCUT2D eigenvalue weighted by Crippen LogP contribution is 2.26. The molecule has 1 aromatic heterocycles. The van der Waals surface area contributed by atoms with E-state index in [9.17, 15) is 9.90 Å². The van der Waals surface area contributed by atoms with E-state index < -0.39 is 5.97 Å². The summed E-state index contributed by atoms with van der Waals surface area (Å²) in [5.74, 6) is -0.464. The lowest BCUT2D eigenvalue weighted by Gasteiger charge is -2.32. The van der Waals surface area contributed by atoms with Crippen molar-refractivity contribution in [3.63, 3.8) is 0 Å². The first-order chi connectivity index (χ1) is 10.7. The SMILES string of the molecule is O=C(O)c1ccccc1CN1CCC[C@@H](c2ccncn2)C1. The van der Waals surface area contributed by atoms with E-state index in [0.717, 1.165) is 37.2 Å². The van der Waals surface area contributed by atoms with E-state index in [0.29, 0.717) is 18.0 Å². The van der Waals surface area contributed by atoms with Gasteiger partial charge < -0.3 is 5.11 Å². The fourth-order valence-electron chi connectivity index (χ4n) is 3.09. The van der Waals surface area contributed by atoms with Crippen molar-refractivity contribution in [1.29, 1.82) is 0 Å². The van der Waals surface area contributed by atoms with E-state index in [4.69, 9.17) is 0 Å². The van der Waals surface area contributed by atoms with E-state index in [-0.39, 0.29) is 0 Å². The first-order valence-electron chi connectivity index (χ1n) is 7.53. The van der Waals surface area contributed by atoms with Gasteiger partial charge in [0.05, 0.1) is 5.56 Å². The molecule has 2 heterocycles. The van der Waals surface area contributed by atoms with Crippen LogP contribution in [0.2, 0.25) is 0 Å². The van der Waals surface area contributed by atoms with Crippen LogP contribution in [0.25, 0.3) is 0 Å². The van der Waals surface area contributed by atoms with Crippen molar-refractivity contribution in [2.75, 3.05) is 13.1 Å². The summed E-state index contributed by atoms with van der Waals surface area (Å²) < 4.78 is 0. The van der Waals surface area contributed by atoms with Crippen LogP contribution in [0, 0.1) is 0 Å². The molecule has 22 heavy (non-hydrogen) atoms. The summed E-state index contributed by atoms with van der Waals surface area (Å²) in [7, 11) is 0. The van der Waals surface area contributed by atoms with E-state index in [1.807, 2.05) is 18.2 Å². The maximum Gasteiger partial charge on any atom is 0.336 e. The van der Waals surface area contributed by atoms with Gasteiger partial charge in [0.1, 0.15) is 6.33 Å². The summed E-state index contributed by atoms with van der Waals surface area (Å²) in [6.07, 6.45) is 5.59. The third-order valence-electron chi connectivity index (χ3n) is 4.17. The molecule has 1 atom stereocenters. The monoisotopic (exact) mass is 297 g/mol. The zero-order chi connectivity index (χ0) is 15.4. The summed E-state index contributed by atoms with van der Waals surface area (Å²) in [5.41, 5.74) is 2.34. The average molecular weight is 297 g/mol. The van der Waals surface area contributed by atoms with Crippen molar-refractivity contribution < 1.29 is 9.90 Å². The van der Waals surface area contributed by atoms with Crippen LogP contribution in [0.4, 0.5) is 0 Å². The molecule has 3 rings (SSSR count). The molecule has 1 aliphatic heterocycles. The third kappa shape index (κ3) is 3.31. The Morgan fingerprint density at radius 2 is 2.18 bits per heavy atom. The Hall–Kier alpha value is -2.27. The van der Waals surface area contributed by atoms with Gasteiger partial charge in [-0.2, -0.15) is 0 Å². The molecule has 1 N–H and O–H groups in total. The Balaban J connectivity index is 1.72. The molecule has 0 radical (unpaired) electrons. The molecule has 5 heteroatoms. The number of aromatic carboxylic acids is 1. The van der Waals surface area contributed by atoms with Crippen LogP contribution >= 0.6 is 0 Å². The lowest BCUT2D eigenvalue weighted by atomic mass is 9.94. The number of carbonyl (C=O) groups is 1. The smallest absolute Gasteiger partial charge is 0.336 e. The Bertz CT molecular complexity index is 645. The molecule has 0 saturated carbocycles. The fourth-order valence-corrected chi connectivity index (χ4v) is 3.09. The number of rotatable bonds is 4. The fraction of sp³-hybridized carbons (Fsp3) is 0.353. The molecule has 1 aromatic carbocycles. The van der Waals surface area contributed by atoms with Gasteiger partial charge in [-0.25, -0.2) is 14.8 Å². The molecule has 114 valence electrons. The molecule has 0 aliphatic carbocycles. The van der Waals surface area contributed by atoms with Gasteiger partial charge in [-0.05, 0) is 37.1 Å². The number of likely N-dealkylation sites (tertiary alicyclic amines) is 1. The predicted molar refractivity (Wildman–Crippen MR) is 82.7 cm³/mol. The van der Waals surface area contributed by atoms with Gasteiger partial charge in [-0.1, -0.05) is 18.2 Å². The standard InChI is InChI=1S/C17H19N3O2/c21-17(22)15-6-2-1-4-13(15)10-20-9-3-5-14(11-20)16-7-8-18-12-19-16/h1-2,4,6-8,12,14H,3,5,9-11H2,(H,21,22)/t14-/m1/s1. The number of hydrogen-bond acceptors (Lipinski definition) is 4. The lowest BCUT2D eigenvalue weighted by Crippen LogP contribution is -2.34. The van der Waals surface area contributed by atoms with Crippen LogP contribution < -0.4 is 0 Å². The average Bonchev–Trinajstić information content (AvgIpc) is 2.56. The summed E-state index contributed by atoms with van der Waals surface area (Å²) in [4.78, 5) is 22.0. The number of carboxylic acids is 1. The number of carboxylic acid groups (broad SMARTS) is 1. The van der Waals surface area contributed by atoms with Gasteiger partial charge in [0.15, 0.2) is 0 Å². The molecule has 1 saturated heterocycles. The topological polar surface area (TPSA) is 66.3 Å². The van der Waals surface area contributed by atoms with Crippen LogP contribution in [0.15, 0.2) is 42.9 Å². The van der Waals surface area contributed by atoms with Crippen LogP contribution in [-0.4, -0.2) is 39.0 Å². The van der Waals surface area contributed by atoms with Crippen molar-refractivity contribution in [2.45, 2.75) is 25.3 Å². The molecular formula is C17H19N3O2. The van der Waals surface area contributed by atoms with E-state index in [1.54, 1.807) is 24.7 Å². The van der Waals surface area contributed by atoms with Crippen LogP contribution in [-0.2, 0) is 6.54 Å². The second-order valence-electron chi connectivity index (χ2n) is 5.67. The first kappa shape index (κ1) is 14.7. The third-order valence-corrected chi connectivity index (χ3v) is 4.17. The van der Waals surface area contributed by atoms with Gasteiger partial charge in [0, 0.05) is 30.9 Å².